The highest BCUT2D eigenvalue weighted by Gasteiger charge is 2.44. The Kier molecular flexibility index (Phi) is 7.04. The van der Waals surface area contributed by atoms with Crippen molar-refractivity contribution in [1.82, 2.24) is 25.0 Å². The zero-order valence-corrected chi connectivity index (χ0v) is 18.7. The van der Waals surface area contributed by atoms with Crippen LogP contribution in [0.4, 0.5) is 5.82 Å². The fraction of sp³-hybridized carbons (Fsp3) is 0.444. The van der Waals surface area contributed by atoms with Gasteiger partial charge >= 0.3 is 10.3 Å². The maximum absolute atomic E-state index is 10.8. The van der Waals surface area contributed by atoms with Crippen LogP contribution in [-0.4, -0.2) is 75.1 Å². The maximum atomic E-state index is 10.8. The van der Waals surface area contributed by atoms with Crippen molar-refractivity contribution in [1.29, 1.82) is 0 Å². The Balaban J connectivity index is 1.45. The molecule has 2 heterocycles. The van der Waals surface area contributed by atoms with Gasteiger partial charge in [0, 0.05) is 18.0 Å². The molecule has 0 saturated heterocycles. The number of aliphatic hydroxyl groups is 2. The Morgan fingerprint density at radius 2 is 1.94 bits per heavy atom. The molecule has 0 spiro atoms. The molecule has 0 radical (unpaired) electrons. The summed E-state index contributed by atoms with van der Waals surface area (Å²) >= 11 is 5.91. The molecular formula is C18H22ClN7O6S. The van der Waals surface area contributed by atoms with Crippen LogP contribution < -0.4 is 10.5 Å². The molecule has 13 nitrogen and oxygen atoms in total. The first kappa shape index (κ1) is 23.7. The van der Waals surface area contributed by atoms with Crippen LogP contribution in [0, 0.1) is 0 Å². The summed E-state index contributed by atoms with van der Waals surface area (Å²) in [5.41, 5.74) is 1.76. The number of fused-ring (bicyclic) bond motifs is 1. The van der Waals surface area contributed by atoms with E-state index in [9.17, 15) is 18.6 Å². The summed E-state index contributed by atoms with van der Waals surface area (Å²) in [6.45, 7) is 0.0129. The second-order valence-electron chi connectivity index (χ2n) is 7.42. The molecule has 0 aliphatic heterocycles. The van der Waals surface area contributed by atoms with Gasteiger partial charge in [-0.05, 0) is 17.7 Å². The van der Waals surface area contributed by atoms with Crippen molar-refractivity contribution in [3.63, 3.8) is 0 Å². The number of nitrogens with zero attached hydrogens (tertiary/aromatic N) is 5. The Morgan fingerprint density at radius 3 is 2.67 bits per heavy atom. The van der Waals surface area contributed by atoms with E-state index in [0.29, 0.717) is 28.5 Å². The molecule has 1 aliphatic rings. The van der Waals surface area contributed by atoms with Crippen molar-refractivity contribution < 1.29 is 27.6 Å². The molecular weight excluding hydrogens is 478 g/mol. The van der Waals surface area contributed by atoms with Crippen LogP contribution in [0.5, 0.6) is 0 Å². The molecule has 3 aromatic rings. The van der Waals surface area contributed by atoms with Gasteiger partial charge in [0.05, 0.1) is 25.4 Å². The van der Waals surface area contributed by atoms with Crippen molar-refractivity contribution >= 4 is 38.9 Å². The van der Waals surface area contributed by atoms with E-state index >= 15 is 0 Å². The van der Waals surface area contributed by atoms with E-state index in [1.165, 1.54) is 11.0 Å². The van der Waals surface area contributed by atoms with E-state index in [1.807, 2.05) is 12.1 Å². The number of nitrogens with one attached hydrogen (secondary N) is 1. The maximum Gasteiger partial charge on any atom is 0.333 e. The Labute approximate surface area is 193 Å². The quantitative estimate of drug-likeness (QED) is 0.284. The molecule has 178 valence electrons. The van der Waals surface area contributed by atoms with Crippen molar-refractivity contribution in [2.75, 3.05) is 18.5 Å². The van der Waals surface area contributed by atoms with Crippen LogP contribution in [0.25, 0.3) is 11.2 Å². The number of hydrogen-bond acceptors (Lipinski definition) is 11. The average Bonchev–Trinajstić information content (AvgIpc) is 3.32. The summed E-state index contributed by atoms with van der Waals surface area (Å²) < 4.78 is 32.9. The summed E-state index contributed by atoms with van der Waals surface area (Å²) in [4.78, 5) is 8.46. The molecule has 5 N–H and O–H groups in total. The van der Waals surface area contributed by atoms with Crippen molar-refractivity contribution in [3.8, 4) is 0 Å². The van der Waals surface area contributed by atoms with Gasteiger partial charge in [-0.15, -0.1) is 5.10 Å². The smallest absolute Gasteiger partial charge is 0.333 e. The lowest BCUT2D eigenvalue weighted by atomic mass is 10.2. The molecule has 0 unspecified atom stereocenters. The zero-order valence-electron chi connectivity index (χ0n) is 17.2. The number of halogens is 1. The van der Waals surface area contributed by atoms with Crippen molar-refractivity contribution in [3.05, 3.63) is 41.2 Å². The zero-order chi connectivity index (χ0) is 23.6. The summed E-state index contributed by atoms with van der Waals surface area (Å²) in [5.74, 6) is 0.460. The van der Waals surface area contributed by atoms with Crippen LogP contribution >= 0.6 is 11.6 Å². The summed E-state index contributed by atoms with van der Waals surface area (Å²) in [7, 11) is -4.08. The number of nitrogens with two attached hydrogens (primary N) is 1. The normalized spacial score (nSPS) is 23.3. The molecule has 0 amide bonds. The van der Waals surface area contributed by atoms with Gasteiger partial charge in [0.25, 0.3) is 0 Å². The summed E-state index contributed by atoms with van der Waals surface area (Å²) in [6.07, 6.45) is -1.68. The van der Waals surface area contributed by atoms with Gasteiger partial charge in [-0.1, -0.05) is 28.9 Å². The number of aliphatic hydroxyl groups excluding tert-OH is 2. The highest BCUT2D eigenvalue weighted by molar-refractivity contribution is 7.84. The van der Waals surface area contributed by atoms with Gasteiger partial charge in [0.2, 0.25) is 0 Å². The fourth-order valence-electron chi connectivity index (χ4n) is 3.63. The van der Waals surface area contributed by atoms with Gasteiger partial charge in [0.15, 0.2) is 17.0 Å². The fourth-order valence-corrected chi connectivity index (χ4v) is 4.06. The van der Waals surface area contributed by atoms with Gasteiger partial charge in [-0.2, -0.15) is 8.42 Å². The number of hydrogen-bond donors (Lipinski definition) is 4. The van der Waals surface area contributed by atoms with Crippen LogP contribution in [0.2, 0.25) is 5.02 Å². The van der Waals surface area contributed by atoms with E-state index in [0.717, 1.165) is 5.56 Å². The predicted octanol–water partition coefficient (Wildman–Crippen LogP) is -0.241. The second kappa shape index (κ2) is 9.80. The third-order valence-corrected chi connectivity index (χ3v) is 5.96. The number of ether oxygens (including phenoxy) is 1. The van der Waals surface area contributed by atoms with Crippen LogP contribution in [0.15, 0.2) is 30.6 Å². The van der Waals surface area contributed by atoms with E-state index in [2.05, 4.69) is 29.8 Å². The van der Waals surface area contributed by atoms with Gasteiger partial charge in [-0.25, -0.2) is 19.8 Å². The second-order valence-corrected chi connectivity index (χ2v) is 9.07. The van der Waals surface area contributed by atoms with Crippen LogP contribution in [0.3, 0.4) is 0 Å². The van der Waals surface area contributed by atoms with E-state index in [1.54, 1.807) is 12.1 Å². The Hall–Kier alpha value is -2.46. The van der Waals surface area contributed by atoms with Crippen LogP contribution in [0.1, 0.15) is 18.0 Å². The molecule has 2 aromatic heterocycles. The first-order chi connectivity index (χ1) is 15.7. The minimum absolute atomic E-state index is 0.142. The highest BCUT2D eigenvalue weighted by Crippen LogP contribution is 2.34. The summed E-state index contributed by atoms with van der Waals surface area (Å²) in [5, 5.41) is 37.8. The largest absolute Gasteiger partial charge is 0.388 e. The highest BCUT2D eigenvalue weighted by atomic mass is 35.5. The molecule has 4 atom stereocenters. The lowest BCUT2D eigenvalue weighted by molar-refractivity contribution is -0.0612. The third-order valence-electron chi connectivity index (χ3n) is 5.21. The van der Waals surface area contributed by atoms with Crippen molar-refractivity contribution in [2.24, 2.45) is 5.14 Å². The molecule has 1 aliphatic carbocycles. The molecule has 4 rings (SSSR count). The molecule has 15 heteroatoms. The number of anilines is 1. The third kappa shape index (κ3) is 5.55. The topological polar surface area (TPSA) is 188 Å². The average molecular weight is 500 g/mol. The monoisotopic (exact) mass is 499 g/mol. The Morgan fingerprint density at radius 1 is 1.18 bits per heavy atom. The minimum Gasteiger partial charge on any atom is -0.388 e. The van der Waals surface area contributed by atoms with Gasteiger partial charge in [-0.3, -0.25) is 4.18 Å². The molecule has 33 heavy (non-hydrogen) atoms. The lowest BCUT2D eigenvalue weighted by Crippen LogP contribution is -2.33. The number of benzene rings is 1. The van der Waals surface area contributed by atoms with Crippen molar-refractivity contribution in [2.45, 2.75) is 37.3 Å². The molecule has 1 aromatic carbocycles. The first-order valence-electron chi connectivity index (χ1n) is 9.92. The van der Waals surface area contributed by atoms with Gasteiger partial charge < -0.3 is 20.3 Å². The lowest BCUT2D eigenvalue weighted by Gasteiger charge is -2.17. The van der Waals surface area contributed by atoms with Crippen LogP contribution in [-0.2, 0) is 25.8 Å². The van der Waals surface area contributed by atoms with Gasteiger partial charge in [0.1, 0.15) is 18.5 Å². The number of aromatic nitrogens is 5. The first-order valence-corrected chi connectivity index (χ1v) is 11.8. The number of rotatable bonds is 9. The SMILES string of the molecule is NS(=O)(=O)OCCO[C@@H]1C[C@H](n2nnc3c(NCc4ccc(Cl)cc4)ncnc32)[C@@H](O)[C@H]1O. The standard InChI is InChI=1S/C18H22ClN7O6S/c19-11-3-1-10(2-4-11)8-21-17-14-18(23-9-22-17)26(25-24-14)12-7-13(16(28)15(12)27)31-5-6-32-33(20,29)30/h1-4,9,12-13,15-16,27-28H,5-8H2,(H2,20,29,30)(H,21,22,23)/t12-,13+,15+,16-/m0/s1. The minimum atomic E-state index is -4.08. The van der Waals surface area contributed by atoms with E-state index < -0.39 is 34.7 Å². The molecule has 0 bridgehead atoms. The summed E-state index contributed by atoms with van der Waals surface area (Å²) in [6, 6.07) is 6.67. The van der Waals surface area contributed by atoms with E-state index in [4.69, 9.17) is 21.5 Å². The van der Waals surface area contributed by atoms with E-state index in [-0.39, 0.29) is 19.6 Å². The molecule has 1 fully saturated rings. The Bertz CT molecular complexity index is 1210. The predicted molar refractivity (Wildman–Crippen MR) is 116 cm³/mol. The molecule has 1 saturated carbocycles.